The van der Waals surface area contributed by atoms with Gasteiger partial charge in [0.15, 0.2) is 5.58 Å². The summed E-state index contributed by atoms with van der Waals surface area (Å²) in [4.78, 5) is 7.33. The van der Waals surface area contributed by atoms with Gasteiger partial charge >= 0.3 is 0 Å². The van der Waals surface area contributed by atoms with Crippen LogP contribution < -0.4 is 4.90 Å². The van der Waals surface area contributed by atoms with Crippen molar-refractivity contribution in [3.8, 4) is 22.6 Å². The average molecular weight is 675 g/mol. The van der Waals surface area contributed by atoms with Crippen molar-refractivity contribution in [3.05, 3.63) is 157 Å². The highest BCUT2D eigenvalue weighted by Gasteiger charge is 2.36. The molecule has 3 heterocycles. The van der Waals surface area contributed by atoms with Gasteiger partial charge < -0.3 is 13.7 Å². The summed E-state index contributed by atoms with van der Waals surface area (Å²) in [7, 11) is 0. The van der Waals surface area contributed by atoms with E-state index in [2.05, 4.69) is 128 Å². The van der Waals surface area contributed by atoms with E-state index in [4.69, 9.17) is 13.8 Å². The Balaban J connectivity index is 1.17. The van der Waals surface area contributed by atoms with Crippen LogP contribution in [-0.2, 0) is 5.41 Å². The molecule has 10 aromatic rings. The zero-order valence-corrected chi connectivity index (χ0v) is 28.8. The first-order valence-electron chi connectivity index (χ1n) is 17.3. The normalized spacial score (nSPS) is 13.5. The van der Waals surface area contributed by atoms with Crippen molar-refractivity contribution in [1.29, 1.82) is 0 Å². The third-order valence-electron chi connectivity index (χ3n) is 10.7. The molecule has 0 atom stereocenters. The van der Waals surface area contributed by atoms with E-state index in [9.17, 15) is 0 Å². The number of anilines is 3. The van der Waals surface area contributed by atoms with Gasteiger partial charge in [0.05, 0.1) is 11.1 Å². The molecule has 0 bridgehead atoms. The number of oxazole rings is 1. The third-order valence-corrected chi connectivity index (χ3v) is 11.8. The van der Waals surface area contributed by atoms with E-state index in [0.717, 1.165) is 50.1 Å². The molecule has 51 heavy (non-hydrogen) atoms. The summed E-state index contributed by atoms with van der Waals surface area (Å²) in [5.41, 5.74) is 12.4. The average Bonchev–Trinajstić information content (AvgIpc) is 3.91. The van der Waals surface area contributed by atoms with Crippen LogP contribution in [0.25, 0.3) is 75.8 Å². The van der Waals surface area contributed by atoms with Gasteiger partial charge in [-0.15, -0.1) is 11.3 Å². The standard InChI is InChI=1S/C46H30N2O2S/c1-46(2)35-15-8-6-13-30(35)31-21-19-29(24-36(31)46)48(28-20-22-43-33(23-28)32-14-7-9-18-42(32)51-43)38-16-10-17-39-44(38)34-25-37-41(26-40(34)49-39)50-45(47-37)27-11-4-3-5-12-27/h3-26H,1-2H3. The Morgan fingerprint density at radius 1 is 0.549 bits per heavy atom. The molecule has 3 aromatic heterocycles. The first kappa shape index (κ1) is 28.6. The number of furan rings is 1. The van der Waals surface area contributed by atoms with E-state index in [0.29, 0.717) is 11.5 Å². The molecule has 0 radical (unpaired) electrons. The highest BCUT2D eigenvalue weighted by molar-refractivity contribution is 7.25. The lowest BCUT2D eigenvalue weighted by Gasteiger charge is -2.28. The van der Waals surface area contributed by atoms with Crippen LogP contribution >= 0.6 is 11.3 Å². The van der Waals surface area contributed by atoms with Crippen molar-refractivity contribution in [1.82, 2.24) is 4.98 Å². The predicted molar refractivity (Wildman–Crippen MR) is 212 cm³/mol. The lowest BCUT2D eigenvalue weighted by atomic mass is 9.82. The number of aromatic nitrogens is 1. The van der Waals surface area contributed by atoms with Gasteiger partial charge in [-0.2, -0.15) is 0 Å². The summed E-state index contributed by atoms with van der Waals surface area (Å²) < 4.78 is 15.4. The molecule has 11 rings (SSSR count). The summed E-state index contributed by atoms with van der Waals surface area (Å²) in [6.07, 6.45) is 0. The fraction of sp³-hybridized carbons (Fsp3) is 0.0652. The van der Waals surface area contributed by atoms with Gasteiger partial charge in [0, 0.05) is 54.0 Å². The van der Waals surface area contributed by atoms with Crippen LogP contribution in [0.2, 0.25) is 0 Å². The second-order valence-corrected chi connectivity index (χ2v) is 15.1. The summed E-state index contributed by atoms with van der Waals surface area (Å²) in [6.45, 7) is 4.68. The Morgan fingerprint density at radius 3 is 2.24 bits per heavy atom. The number of hydrogen-bond acceptors (Lipinski definition) is 5. The Labute approximate surface area is 297 Å². The van der Waals surface area contributed by atoms with E-state index < -0.39 is 0 Å². The smallest absolute Gasteiger partial charge is 0.227 e. The van der Waals surface area contributed by atoms with Crippen LogP contribution in [0.1, 0.15) is 25.0 Å². The molecule has 1 aliphatic rings. The maximum absolute atomic E-state index is 6.59. The Bertz CT molecular complexity index is 3020. The molecule has 0 aliphatic heterocycles. The van der Waals surface area contributed by atoms with Gasteiger partial charge in [-0.1, -0.05) is 86.6 Å². The van der Waals surface area contributed by atoms with Gasteiger partial charge in [-0.05, 0) is 89.0 Å². The lowest BCUT2D eigenvalue weighted by molar-refractivity contribution is 0.617. The zero-order valence-electron chi connectivity index (χ0n) is 28.0. The van der Waals surface area contributed by atoms with E-state index in [-0.39, 0.29) is 5.41 Å². The van der Waals surface area contributed by atoms with Gasteiger partial charge in [0.2, 0.25) is 5.89 Å². The van der Waals surface area contributed by atoms with Crippen LogP contribution in [0.3, 0.4) is 0 Å². The van der Waals surface area contributed by atoms with Crippen LogP contribution in [0, 0.1) is 0 Å². The minimum Gasteiger partial charge on any atom is -0.456 e. The monoisotopic (exact) mass is 674 g/mol. The molecule has 242 valence electrons. The fourth-order valence-electron chi connectivity index (χ4n) is 8.23. The SMILES string of the molecule is CC1(C)c2ccccc2-c2ccc(N(c3ccc4sc5ccccc5c4c3)c3cccc4oc5cc6oc(-c7ccccc7)nc6cc5c34)cc21. The molecule has 0 saturated carbocycles. The van der Waals surface area contributed by atoms with Crippen LogP contribution in [0.4, 0.5) is 17.1 Å². The zero-order chi connectivity index (χ0) is 33.8. The quantitative estimate of drug-likeness (QED) is 0.186. The van der Waals surface area contributed by atoms with E-state index in [1.54, 1.807) is 0 Å². The van der Waals surface area contributed by atoms with Gasteiger partial charge in [0.1, 0.15) is 16.7 Å². The number of hydrogen-bond donors (Lipinski definition) is 0. The number of rotatable bonds is 4. The van der Waals surface area contributed by atoms with Crippen molar-refractivity contribution >= 4 is 81.6 Å². The van der Waals surface area contributed by atoms with Gasteiger partial charge in [-0.3, -0.25) is 0 Å². The minimum absolute atomic E-state index is 0.134. The molecular weight excluding hydrogens is 645 g/mol. The lowest BCUT2D eigenvalue weighted by Crippen LogP contribution is -2.16. The minimum atomic E-state index is -0.134. The molecular formula is C46H30N2O2S. The largest absolute Gasteiger partial charge is 0.456 e. The molecule has 0 saturated heterocycles. The van der Waals surface area contributed by atoms with E-state index in [1.165, 1.54) is 42.4 Å². The molecule has 1 aliphatic carbocycles. The van der Waals surface area contributed by atoms with Crippen LogP contribution in [0.5, 0.6) is 0 Å². The number of thiophene rings is 1. The molecule has 0 spiro atoms. The molecule has 0 N–H and O–H groups in total. The predicted octanol–water partition coefficient (Wildman–Crippen LogP) is 13.5. The Hall–Kier alpha value is -6.17. The number of fused-ring (bicyclic) bond motifs is 10. The molecule has 0 unspecified atom stereocenters. The van der Waals surface area contributed by atoms with Crippen molar-refractivity contribution in [2.24, 2.45) is 0 Å². The maximum atomic E-state index is 6.59. The summed E-state index contributed by atoms with van der Waals surface area (Å²) in [5, 5.41) is 4.58. The summed E-state index contributed by atoms with van der Waals surface area (Å²) in [6, 6.07) is 51.9. The molecule has 0 amide bonds. The first-order chi connectivity index (χ1) is 25.0. The van der Waals surface area contributed by atoms with Crippen LogP contribution in [0.15, 0.2) is 154 Å². The number of benzene rings is 7. The number of nitrogens with zero attached hydrogens (tertiary/aromatic N) is 2. The molecule has 7 aromatic carbocycles. The second kappa shape index (κ2) is 10.4. The highest BCUT2D eigenvalue weighted by atomic mass is 32.1. The third kappa shape index (κ3) is 4.16. The van der Waals surface area contributed by atoms with Gasteiger partial charge in [0.25, 0.3) is 0 Å². The van der Waals surface area contributed by atoms with Crippen molar-refractivity contribution in [2.45, 2.75) is 19.3 Å². The topological polar surface area (TPSA) is 42.4 Å². The van der Waals surface area contributed by atoms with Crippen LogP contribution in [-0.4, -0.2) is 4.98 Å². The van der Waals surface area contributed by atoms with E-state index in [1.807, 2.05) is 47.7 Å². The molecule has 4 nitrogen and oxygen atoms in total. The highest BCUT2D eigenvalue weighted by Crippen LogP contribution is 2.52. The summed E-state index contributed by atoms with van der Waals surface area (Å²) in [5.74, 6) is 0.599. The molecule has 5 heteroatoms. The van der Waals surface area contributed by atoms with Crippen molar-refractivity contribution < 1.29 is 8.83 Å². The Morgan fingerprint density at radius 2 is 1.31 bits per heavy atom. The van der Waals surface area contributed by atoms with Crippen molar-refractivity contribution in [2.75, 3.05) is 4.90 Å². The van der Waals surface area contributed by atoms with Crippen molar-refractivity contribution in [3.63, 3.8) is 0 Å². The fourth-order valence-corrected chi connectivity index (χ4v) is 9.32. The van der Waals surface area contributed by atoms with Gasteiger partial charge in [-0.25, -0.2) is 4.98 Å². The van der Waals surface area contributed by atoms with E-state index >= 15 is 0 Å². The molecule has 0 fully saturated rings. The maximum Gasteiger partial charge on any atom is 0.227 e. The summed E-state index contributed by atoms with van der Waals surface area (Å²) >= 11 is 1.84. The second-order valence-electron chi connectivity index (χ2n) is 14.0. The first-order valence-corrected chi connectivity index (χ1v) is 18.1. The Kier molecular flexibility index (Phi) is 5.85.